The molecule has 12 heteroatoms. The van der Waals surface area contributed by atoms with Gasteiger partial charge in [-0.15, -0.1) is 0 Å². The van der Waals surface area contributed by atoms with Crippen LogP contribution >= 0.6 is 11.3 Å². The standard InChI is InChI=1S/C18H21F3N6O2S/c1-11-9-14(18(19,20)21)23-27(11)10-15(28)25-5-7-26(8-6-25)17-22-12-3-2-4-13(24-29)16(12)30-17/h9,29H,2-8,10H2,1H3. The second kappa shape index (κ2) is 7.89. The van der Waals surface area contributed by atoms with Crippen LogP contribution in [0.25, 0.3) is 0 Å². The van der Waals surface area contributed by atoms with Crippen molar-refractivity contribution in [1.29, 1.82) is 0 Å². The molecule has 1 fully saturated rings. The first-order valence-electron chi connectivity index (χ1n) is 9.61. The Kier molecular flexibility index (Phi) is 5.43. The van der Waals surface area contributed by atoms with Gasteiger partial charge in [-0.3, -0.25) is 9.48 Å². The monoisotopic (exact) mass is 442 g/mol. The number of carbonyl (C=O) groups is 1. The summed E-state index contributed by atoms with van der Waals surface area (Å²) < 4.78 is 39.5. The minimum Gasteiger partial charge on any atom is -0.411 e. The van der Waals surface area contributed by atoms with E-state index in [2.05, 4.69) is 20.1 Å². The van der Waals surface area contributed by atoms with Crippen molar-refractivity contribution in [1.82, 2.24) is 19.7 Å². The maximum atomic E-state index is 12.8. The third-order valence-corrected chi connectivity index (χ3v) is 6.56. The predicted molar refractivity (Wildman–Crippen MR) is 104 cm³/mol. The zero-order chi connectivity index (χ0) is 21.5. The topological polar surface area (TPSA) is 86.9 Å². The summed E-state index contributed by atoms with van der Waals surface area (Å²) in [4.78, 5) is 21.9. The molecule has 1 aliphatic carbocycles. The first-order chi connectivity index (χ1) is 14.3. The van der Waals surface area contributed by atoms with Crippen LogP contribution in [0, 0.1) is 6.92 Å². The van der Waals surface area contributed by atoms with E-state index in [1.165, 1.54) is 18.3 Å². The number of alkyl halides is 3. The highest BCUT2D eigenvalue weighted by Crippen LogP contribution is 2.33. The van der Waals surface area contributed by atoms with Crippen LogP contribution in [0.5, 0.6) is 0 Å². The Balaban J connectivity index is 1.38. The third-order valence-electron chi connectivity index (χ3n) is 5.36. The molecule has 0 aromatic carbocycles. The molecule has 4 rings (SSSR count). The summed E-state index contributed by atoms with van der Waals surface area (Å²) in [6.07, 6.45) is -2.04. The van der Waals surface area contributed by atoms with Crippen molar-refractivity contribution >= 4 is 28.1 Å². The summed E-state index contributed by atoms with van der Waals surface area (Å²) >= 11 is 1.49. The number of nitrogens with zero attached hydrogens (tertiary/aromatic N) is 6. The van der Waals surface area contributed by atoms with Crippen molar-refractivity contribution in [2.75, 3.05) is 31.1 Å². The molecule has 1 saturated heterocycles. The SMILES string of the molecule is Cc1cc(C(F)(F)F)nn1CC(=O)N1CCN(c2nc3c(s2)C(=NO)CCC3)CC1. The predicted octanol–water partition coefficient (Wildman–Crippen LogP) is 2.53. The molecule has 3 heterocycles. The number of amides is 1. The van der Waals surface area contributed by atoms with Gasteiger partial charge in [0.25, 0.3) is 0 Å². The molecule has 1 aliphatic heterocycles. The van der Waals surface area contributed by atoms with Crippen LogP contribution < -0.4 is 4.90 Å². The maximum absolute atomic E-state index is 12.8. The van der Waals surface area contributed by atoms with E-state index < -0.39 is 11.9 Å². The summed E-state index contributed by atoms with van der Waals surface area (Å²) in [7, 11) is 0. The molecule has 0 saturated carbocycles. The Labute approximate surface area is 174 Å². The fourth-order valence-electron chi connectivity index (χ4n) is 3.69. The Hall–Kier alpha value is -2.63. The molecule has 1 N–H and O–H groups in total. The molecule has 1 amide bonds. The number of rotatable bonds is 3. The molecule has 162 valence electrons. The van der Waals surface area contributed by atoms with E-state index in [0.29, 0.717) is 37.6 Å². The number of piperazine rings is 1. The van der Waals surface area contributed by atoms with Crippen molar-refractivity contribution in [2.45, 2.75) is 38.9 Å². The lowest BCUT2D eigenvalue weighted by Gasteiger charge is -2.34. The number of hydrogen-bond donors (Lipinski definition) is 1. The van der Waals surface area contributed by atoms with Gasteiger partial charge in [-0.05, 0) is 32.3 Å². The highest BCUT2D eigenvalue weighted by Gasteiger charge is 2.35. The summed E-state index contributed by atoms with van der Waals surface area (Å²) in [5, 5.41) is 16.9. The fraction of sp³-hybridized carbons (Fsp3) is 0.556. The number of oxime groups is 1. The smallest absolute Gasteiger partial charge is 0.411 e. The molecule has 8 nitrogen and oxygen atoms in total. The number of hydrogen-bond acceptors (Lipinski definition) is 7. The zero-order valence-electron chi connectivity index (χ0n) is 16.3. The lowest BCUT2D eigenvalue weighted by Crippen LogP contribution is -2.49. The molecule has 0 radical (unpaired) electrons. The normalized spacial score (nSPS) is 18.7. The number of aryl methyl sites for hydroxylation is 2. The molecule has 2 aromatic rings. The summed E-state index contributed by atoms with van der Waals surface area (Å²) in [5.74, 6) is -0.261. The van der Waals surface area contributed by atoms with E-state index in [0.717, 1.165) is 45.7 Å². The Morgan fingerprint density at radius 3 is 2.63 bits per heavy atom. The van der Waals surface area contributed by atoms with Gasteiger partial charge in [-0.25, -0.2) is 4.98 Å². The molecule has 30 heavy (non-hydrogen) atoms. The van der Waals surface area contributed by atoms with Crippen LogP contribution in [0.4, 0.5) is 18.3 Å². The minimum atomic E-state index is -4.53. The number of carbonyl (C=O) groups excluding carboxylic acids is 1. The van der Waals surface area contributed by atoms with Gasteiger partial charge in [-0.2, -0.15) is 18.3 Å². The molecule has 2 aliphatic rings. The number of halogens is 3. The molecule has 0 unspecified atom stereocenters. The second-order valence-electron chi connectivity index (χ2n) is 7.37. The van der Waals surface area contributed by atoms with Gasteiger partial charge in [0.1, 0.15) is 6.54 Å². The Morgan fingerprint density at radius 2 is 2.00 bits per heavy atom. The number of aromatic nitrogens is 3. The van der Waals surface area contributed by atoms with Gasteiger partial charge in [-0.1, -0.05) is 16.5 Å². The van der Waals surface area contributed by atoms with Gasteiger partial charge in [0, 0.05) is 31.9 Å². The molecule has 0 spiro atoms. The van der Waals surface area contributed by atoms with Gasteiger partial charge < -0.3 is 15.0 Å². The Morgan fingerprint density at radius 1 is 1.27 bits per heavy atom. The lowest BCUT2D eigenvalue weighted by atomic mass is 10.0. The van der Waals surface area contributed by atoms with Gasteiger partial charge in [0.05, 0.1) is 16.3 Å². The molecule has 2 aromatic heterocycles. The van der Waals surface area contributed by atoms with Crippen LogP contribution in [0.1, 0.15) is 34.8 Å². The summed E-state index contributed by atoms with van der Waals surface area (Å²) in [6.45, 7) is 3.35. The van der Waals surface area contributed by atoms with E-state index in [-0.39, 0.29) is 12.5 Å². The number of thiazole rings is 1. The minimum absolute atomic E-state index is 0.218. The molecule has 0 bridgehead atoms. The molecule has 0 atom stereocenters. The highest BCUT2D eigenvalue weighted by atomic mass is 32.1. The molecular weight excluding hydrogens is 421 g/mol. The summed E-state index contributed by atoms with van der Waals surface area (Å²) in [6, 6.07) is 0.944. The quantitative estimate of drug-likeness (QED) is 0.583. The van der Waals surface area contributed by atoms with Crippen molar-refractivity contribution in [3.63, 3.8) is 0 Å². The van der Waals surface area contributed by atoms with E-state index >= 15 is 0 Å². The van der Waals surface area contributed by atoms with Crippen LogP contribution in [-0.2, 0) is 23.9 Å². The largest absolute Gasteiger partial charge is 0.435 e. The number of fused-ring (bicyclic) bond motifs is 1. The van der Waals surface area contributed by atoms with E-state index in [1.807, 2.05) is 0 Å². The first kappa shape index (κ1) is 20.6. The van der Waals surface area contributed by atoms with E-state index in [9.17, 15) is 23.2 Å². The highest BCUT2D eigenvalue weighted by molar-refractivity contribution is 7.17. The van der Waals surface area contributed by atoms with Gasteiger partial charge in [0.15, 0.2) is 10.8 Å². The van der Waals surface area contributed by atoms with Crippen molar-refractivity contribution in [3.05, 3.63) is 28.0 Å². The third kappa shape index (κ3) is 4.00. The van der Waals surface area contributed by atoms with Gasteiger partial charge >= 0.3 is 6.18 Å². The summed E-state index contributed by atoms with van der Waals surface area (Å²) in [5.41, 5.74) is 0.920. The van der Waals surface area contributed by atoms with Crippen molar-refractivity contribution < 1.29 is 23.2 Å². The Bertz CT molecular complexity index is 975. The second-order valence-corrected chi connectivity index (χ2v) is 8.34. The van der Waals surface area contributed by atoms with Crippen molar-refractivity contribution in [2.24, 2.45) is 5.16 Å². The number of anilines is 1. The van der Waals surface area contributed by atoms with E-state index in [1.54, 1.807) is 4.90 Å². The average Bonchev–Trinajstić information content (AvgIpc) is 3.31. The van der Waals surface area contributed by atoms with Crippen molar-refractivity contribution in [3.8, 4) is 0 Å². The first-order valence-corrected chi connectivity index (χ1v) is 10.4. The van der Waals surface area contributed by atoms with E-state index in [4.69, 9.17) is 0 Å². The zero-order valence-corrected chi connectivity index (χ0v) is 17.1. The fourth-order valence-corrected chi connectivity index (χ4v) is 4.86. The average molecular weight is 442 g/mol. The van der Waals surface area contributed by atoms with Gasteiger partial charge in [0.2, 0.25) is 5.91 Å². The van der Waals surface area contributed by atoms with Crippen LogP contribution in [0.2, 0.25) is 0 Å². The van der Waals surface area contributed by atoms with Crippen LogP contribution in [-0.4, -0.2) is 62.7 Å². The van der Waals surface area contributed by atoms with Crippen LogP contribution in [0.3, 0.4) is 0 Å². The lowest BCUT2D eigenvalue weighted by molar-refractivity contribution is -0.142. The van der Waals surface area contributed by atoms with Crippen LogP contribution in [0.15, 0.2) is 11.2 Å². The maximum Gasteiger partial charge on any atom is 0.435 e. The molecular formula is C18H21F3N6O2S.